The summed E-state index contributed by atoms with van der Waals surface area (Å²) in [5.74, 6) is 2.86. The van der Waals surface area contributed by atoms with Crippen molar-refractivity contribution in [1.82, 2.24) is 0 Å². The summed E-state index contributed by atoms with van der Waals surface area (Å²) in [4.78, 5) is 0. The SMILES string of the molecule is CCCCB1OCC(C2CCC3C4CCC5CC(O)CCC5(C)C4C(O)CC23C)O1. The number of hydrogen-bond donors (Lipinski definition) is 2. The van der Waals surface area contributed by atoms with Crippen molar-refractivity contribution in [3.63, 3.8) is 0 Å². The van der Waals surface area contributed by atoms with E-state index in [0.717, 1.165) is 38.6 Å². The molecule has 30 heavy (non-hydrogen) atoms. The maximum atomic E-state index is 11.6. The van der Waals surface area contributed by atoms with E-state index in [1.807, 2.05) is 0 Å². The number of unbranched alkanes of at least 4 members (excludes halogenated alkanes) is 1. The van der Waals surface area contributed by atoms with Gasteiger partial charge in [-0.2, -0.15) is 0 Å². The normalized spacial score (nSPS) is 53.3. The molecule has 5 aliphatic rings. The second-order valence-corrected chi connectivity index (χ2v) is 12.0. The van der Waals surface area contributed by atoms with Crippen LogP contribution in [0.4, 0.5) is 0 Å². The summed E-state index contributed by atoms with van der Waals surface area (Å²) < 4.78 is 12.4. The largest absolute Gasteiger partial charge is 0.457 e. The maximum Gasteiger partial charge on any atom is 0.457 e. The summed E-state index contributed by atoms with van der Waals surface area (Å²) in [7, 11) is -0.0121. The molecule has 0 aromatic heterocycles. The second kappa shape index (κ2) is 8.04. The van der Waals surface area contributed by atoms with Crippen LogP contribution in [0.15, 0.2) is 0 Å². The first kappa shape index (κ1) is 21.7. The van der Waals surface area contributed by atoms with Crippen LogP contribution in [-0.4, -0.2) is 42.3 Å². The molecule has 5 heteroatoms. The molecule has 0 aromatic rings. The van der Waals surface area contributed by atoms with Gasteiger partial charge in [0, 0.05) is 0 Å². The minimum Gasteiger partial charge on any atom is -0.408 e. The van der Waals surface area contributed by atoms with Gasteiger partial charge in [0.15, 0.2) is 0 Å². The van der Waals surface area contributed by atoms with Gasteiger partial charge in [-0.15, -0.1) is 0 Å². The molecular formula is C25H43BO4. The van der Waals surface area contributed by atoms with Gasteiger partial charge in [-0.3, -0.25) is 0 Å². The van der Waals surface area contributed by atoms with Gasteiger partial charge in [0.05, 0.1) is 24.9 Å². The zero-order valence-corrected chi connectivity index (χ0v) is 19.4. The molecule has 0 aromatic carbocycles. The quantitative estimate of drug-likeness (QED) is 0.651. The van der Waals surface area contributed by atoms with Crippen LogP contribution in [-0.2, 0) is 9.31 Å². The number of aliphatic hydroxyl groups is 2. The van der Waals surface area contributed by atoms with Crippen molar-refractivity contribution in [2.45, 2.75) is 110 Å². The van der Waals surface area contributed by atoms with Crippen molar-refractivity contribution in [1.29, 1.82) is 0 Å². The Hall–Kier alpha value is -0.0951. The highest BCUT2D eigenvalue weighted by Gasteiger charge is 2.64. The Labute approximate surface area is 183 Å². The van der Waals surface area contributed by atoms with Crippen LogP contribution < -0.4 is 0 Å². The Kier molecular flexibility index (Phi) is 5.83. The van der Waals surface area contributed by atoms with Gasteiger partial charge in [0.1, 0.15) is 0 Å². The van der Waals surface area contributed by atoms with Gasteiger partial charge in [-0.05, 0) is 98.1 Å². The molecule has 10 unspecified atom stereocenters. The van der Waals surface area contributed by atoms with E-state index in [1.54, 1.807) is 0 Å². The standard InChI is InChI=1S/C25H43BO4/c1-4-5-12-26-29-15-22(30-26)20-9-8-19-18-7-6-16-13-17(27)10-11-24(16,2)23(18)21(28)14-25(19,20)3/h16-23,27-28H,4-15H2,1-3H3. The average Bonchev–Trinajstić information content (AvgIpc) is 3.30. The van der Waals surface area contributed by atoms with Gasteiger partial charge in [-0.25, -0.2) is 0 Å². The third-order valence-electron chi connectivity index (χ3n) is 10.7. The summed E-state index contributed by atoms with van der Waals surface area (Å²) in [5.41, 5.74) is 0.380. The summed E-state index contributed by atoms with van der Waals surface area (Å²) in [5, 5.41) is 21.8. The second-order valence-electron chi connectivity index (χ2n) is 12.0. The molecule has 4 aliphatic carbocycles. The lowest BCUT2D eigenvalue weighted by molar-refractivity contribution is -0.181. The molecule has 0 amide bonds. The van der Waals surface area contributed by atoms with Crippen LogP contribution in [0.2, 0.25) is 6.32 Å². The van der Waals surface area contributed by atoms with Crippen molar-refractivity contribution in [3.05, 3.63) is 0 Å². The molecule has 0 bridgehead atoms. The van der Waals surface area contributed by atoms with E-state index in [1.165, 1.54) is 38.5 Å². The fourth-order valence-electron chi connectivity index (χ4n) is 9.22. The molecule has 170 valence electrons. The molecular weight excluding hydrogens is 375 g/mol. The minimum atomic E-state index is -0.210. The van der Waals surface area contributed by atoms with Crippen LogP contribution in [0.5, 0.6) is 0 Å². The topological polar surface area (TPSA) is 58.9 Å². The van der Waals surface area contributed by atoms with Crippen molar-refractivity contribution in [2.24, 2.45) is 40.4 Å². The van der Waals surface area contributed by atoms with Crippen molar-refractivity contribution in [2.75, 3.05) is 6.61 Å². The van der Waals surface area contributed by atoms with E-state index >= 15 is 0 Å². The third kappa shape index (κ3) is 3.33. The van der Waals surface area contributed by atoms with E-state index in [2.05, 4.69) is 20.8 Å². The molecule has 10 atom stereocenters. The molecule has 1 aliphatic heterocycles. The highest BCUT2D eigenvalue weighted by molar-refractivity contribution is 6.45. The Morgan fingerprint density at radius 2 is 1.80 bits per heavy atom. The van der Waals surface area contributed by atoms with Gasteiger partial charge in [-0.1, -0.05) is 33.6 Å². The van der Waals surface area contributed by atoms with E-state index in [0.29, 0.717) is 29.6 Å². The van der Waals surface area contributed by atoms with Crippen LogP contribution >= 0.6 is 0 Å². The number of aliphatic hydroxyl groups excluding tert-OH is 2. The zero-order chi connectivity index (χ0) is 21.1. The van der Waals surface area contributed by atoms with Gasteiger partial charge < -0.3 is 19.5 Å². The number of fused-ring (bicyclic) bond motifs is 5. The highest BCUT2D eigenvalue weighted by Crippen LogP contribution is 2.68. The molecule has 4 nitrogen and oxygen atoms in total. The lowest BCUT2D eigenvalue weighted by Crippen LogP contribution is -2.59. The molecule has 1 heterocycles. The lowest BCUT2D eigenvalue weighted by Gasteiger charge is -2.62. The molecule has 0 spiro atoms. The van der Waals surface area contributed by atoms with E-state index < -0.39 is 0 Å². The van der Waals surface area contributed by atoms with Crippen LogP contribution in [0, 0.1) is 40.4 Å². The number of rotatable bonds is 4. The average molecular weight is 418 g/mol. The highest BCUT2D eigenvalue weighted by atomic mass is 16.6. The smallest absolute Gasteiger partial charge is 0.408 e. The maximum absolute atomic E-state index is 11.6. The van der Waals surface area contributed by atoms with Gasteiger partial charge in [0.25, 0.3) is 0 Å². The van der Waals surface area contributed by atoms with Crippen molar-refractivity contribution >= 4 is 7.12 Å². The zero-order valence-electron chi connectivity index (χ0n) is 19.4. The van der Waals surface area contributed by atoms with E-state index in [4.69, 9.17) is 9.31 Å². The Balaban J connectivity index is 1.34. The van der Waals surface area contributed by atoms with Crippen molar-refractivity contribution < 1.29 is 19.5 Å². The summed E-state index contributed by atoms with van der Waals surface area (Å²) in [6, 6.07) is 0. The molecule has 5 fully saturated rings. The Bertz CT molecular complexity index is 630. The Morgan fingerprint density at radius 1 is 1.00 bits per heavy atom. The summed E-state index contributed by atoms with van der Waals surface area (Å²) >= 11 is 0. The third-order valence-corrected chi connectivity index (χ3v) is 10.7. The predicted molar refractivity (Wildman–Crippen MR) is 119 cm³/mol. The predicted octanol–water partition coefficient (Wildman–Crippen LogP) is 4.68. The van der Waals surface area contributed by atoms with Crippen LogP contribution in [0.3, 0.4) is 0 Å². The first-order valence-corrected chi connectivity index (χ1v) is 13.0. The summed E-state index contributed by atoms with van der Waals surface area (Å²) in [6.45, 7) is 7.88. The first-order valence-electron chi connectivity index (χ1n) is 13.0. The minimum absolute atomic E-state index is 0.0121. The van der Waals surface area contributed by atoms with Gasteiger partial charge >= 0.3 is 7.12 Å². The van der Waals surface area contributed by atoms with Crippen molar-refractivity contribution in [3.8, 4) is 0 Å². The fraction of sp³-hybridized carbons (Fsp3) is 1.00. The molecule has 0 radical (unpaired) electrons. The van der Waals surface area contributed by atoms with Gasteiger partial charge in [0.2, 0.25) is 0 Å². The van der Waals surface area contributed by atoms with Crippen LogP contribution in [0.1, 0.15) is 85.0 Å². The molecule has 5 rings (SSSR count). The molecule has 2 N–H and O–H groups in total. The fourth-order valence-corrected chi connectivity index (χ4v) is 9.22. The monoisotopic (exact) mass is 418 g/mol. The molecule has 4 saturated carbocycles. The Morgan fingerprint density at radius 3 is 2.60 bits per heavy atom. The first-order chi connectivity index (χ1) is 14.4. The van der Waals surface area contributed by atoms with E-state index in [9.17, 15) is 10.2 Å². The summed E-state index contributed by atoms with van der Waals surface area (Å²) in [6.07, 6.45) is 12.1. The molecule has 1 saturated heterocycles. The van der Waals surface area contributed by atoms with E-state index in [-0.39, 0.29) is 36.3 Å². The lowest BCUT2D eigenvalue weighted by atomic mass is 9.44. The number of hydrogen-bond acceptors (Lipinski definition) is 4. The van der Waals surface area contributed by atoms with Crippen LogP contribution in [0.25, 0.3) is 0 Å².